The fraction of sp³-hybridized carbons (Fsp3) is 0.333. The van der Waals surface area contributed by atoms with Gasteiger partial charge < -0.3 is 5.73 Å². The van der Waals surface area contributed by atoms with Gasteiger partial charge >= 0.3 is 0 Å². The summed E-state index contributed by atoms with van der Waals surface area (Å²) >= 11 is 0. The number of hydrogen-bond acceptors (Lipinski definition) is 1. The van der Waals surface area contributed by atoms with E-state index in [2.05, 4.69) is 0 Å². The van der Waals surface area contributed by atoms with E-state index in [1.165, 1.54) is 0 Å². The summed E-state index contributed by atoms with van der Waals surface area (Å²) in [6.45, 7) is 0. The van der Waals surface area contributed by atoms with Crippen molar-refractivity contribution in [2.75, 3.05) is 0 Å². The minimum Gasteiger partial charge on any atom is -0.319 e. The standard InChI is InChI=1S/C9H10FN/c10-8-6-9(8,11)7-4-2-1-3-5-7/h1-5,8H,6,11H2. The summed E-state index contributed by atoms with van der Waals surface area (Å²) in [5.74, 6) is 0. The molecule has 0 bridgehead atoms. The van der Waals surface area contributed by atoms with Crippen molar-refractivity contribution in [2.24, 2.45) is 5.73 Å². The van der Waals surface area contributed by atoms with Gasteiger partial charge in [0.2, 0.25) is 0 Å². The van der Waals surface area contributed by atoms with Crippen molar-refractivity contribution in [1.82, 2.24) is 0 Å². The van der Waals surface area contributed by atoms with E-state index in [1.807, 2.05) is 30.3 Å². The Labute approximate surface area is 65.0 Å². The van der Waals surface area contributed by atoms with Crippen LogP contribution in [0, 0.1) is 0 Å². The molecule has 0 spiro atoms. The van der Waals surface area contributed by atoms with E-state index in [0.29, 0.717) is 6.42 Å². The van der Waals surface area contributed by atoms with Crippen molar-refractivity contribution < 1.29 is 4.39 Å². The maximum Gasteiger partial charge on any atom is 0.124 e. The van der Waals surface area contributed by atoms with Gasteiger partial charge in [0.05, 0.1) is 5.54 Å². The Morgan fingerprint density at radius 3 is 2.36 bits per heavy atom. The summed E-state index contributed by atoms with van der Waals surface area (Å²) in [5.41, 5.74) is 5.98. The monoisotopic (exact) mass is 151 g/mol. The van der Waals surface area contributed by atoms with E-state index in [4.69, 9.17) is 5.73 Å². The van der Waals surface area contributed by atoms with Crippen LogP contribution in [0.5, 0.6) is 0 Å². The Bertz CT molecular complexity index is 260. The Morgan fingerprint density at radius 1 is 1.36 bits per heavy atom. The lowest BCUT2D eigenvalue weighted by atomic mass is 10.1. The molecule has 2 atom stereocenters. The van der Waals surface area contributed by atoms with Crippen LogP contribution in [0.3, 0.4) is 0 Å². The minimum atomic E-state index is -0.843. The van der Waals surface area contributed by atoms with Crippen LogP contribution in [0.25, 0.3) is 0 Å². The Kier molecular flexibility index (Phi) is 1.26. The number of benzene rings is 1. The molecule has 1 aromatic rings. The first kappa shape index (κ1) is 6.80. The summed E-state index contributed by atoms with van der Waals surface area (Å²) in [6.07, 6.45) is -0.373. The largest absolute Gasteiger partial charge is 0.319 e. The van der Waals surface area contributed by atoms with Crippen LogP contribution in [-0.4, -0.2) is 6.17 Å². The maximum absolute atomic E-state index is 12.7. The fourth-order valence-electron chi connectivity index (χ4n) is 1.28. The van der Waals surface area contributed by atoms with Gasteiger partial charge in [-0.3, -0.25) is 0 Å². The van der Waals surface area contributed by atoms with E-state index < -0.39 is 11.7 Å². The molecule has 0 aromatic heterocycles. The van der Waals surface area contributed by atoms with Gasteiger partial charge in [0.1, 0.15) is 6.17 Å². The van der Waals surface area contributed by atoms with Gasteiger partial charge in [-0.25, -0.2) is 4.39 Å². The predicted octanol–water partition coefficient (Wildman–Crippen LogP) is 1.58. The van der Waals surface area contributed by atoms with Gasteiger partial charge in [-0.1, -0.05) is 30.3 Å². The molecule has 0 amide bonds. The molecule has 1 saturated carbocycles. The number of nitrogens with two attached hydrogens (primary N) is 1. The highest BCUT2D eigenvalue weighted by atomic mass is 19.1. The molecular formula is C9H10FN. The number of rotatable bonds is 1. The first-order valence-corrected chi connectivity index (χ1v) is 3.72. The van der Waals surface area contributed by atoms with Crippen LogP contribution >= 0.6 is 0 Å². The molecule has 1 aromatic carbocycles. The number of halogens is 1. The summed E-state index contributed by atoms with van der Waals surface area (Å²) in [6, 6.07) is 9.42. The molecular weight excluding hydrogens is 141 g/mol. The highest BCUT2D eigenvalue weighted by Gasteiger charge is 2.53. The molecule has 1 aliphatic carbocycles. The van der Waals surface area contributed by atoms with E-state index in [0.717, 1.165) is 5.56 Å². The quantitative estimate of drug-likeness (QED) is 0.648. The van der Waals surface area contributed by atoms with Crippen LogP contribution in [0.2, 0.25) is 0 Å². The second-order valence-corrected chi connectivity index (χ2v) is 3.08. The third-order valence-corrected chi connectivity index (χ3v) is 2.23. The number of alkyl halides is 1. The minimum absolute atomic E-state index is 0.469. The Hall–Kier alpha value is -0.890. The van der Waals surface area contributed by atoms with Crippen LogP contribution in [0.4, 0.5) is 4.39 Å². The molecule has 11 heavy (non-hydrogen) atoms. The highest BCUT2D eigenvalue weighted by Crippen LogP contribution is 2.45. The highest BCUT2D eigenvalue weighted by molar-refractivity contribution is 5.32. The average Bonchev–Trinajstić information content (AvgIpc) is 2.64. The normalized spacial score (nSPS) is 35.3. The lowest BCUT2D eigenvalue weighted by Gasteiger charge is -2.07. The zero-order valence-electron chi connectivity index (χ0n) is 6.13. The second-order valence-electron chi connectivity index (χ2n) is 3.08. The zero-order valence-corrected chi connectivity index (χ0v) is 6.13. The van der Waals surface area contributed by atoms with Crippen LogP contribution in [-0.2, 0) is 5.54 Å². The van der Waals surface area contributed by atoms with Crippen LogP contribution in [0.1, 0.15) is 12.0 Å². The van der Waals surface area contributed by atoms with Gasteiger partial charge in [-0.05, 0) is 5.56 Å². The smallest absolute Gasteiger partial charge is 0.124 e. The summed E-state index contributed by atoms with van der Waals surface area (Å²) in [5, 5.41) is 0. The lowest BCUT2D eigenvalue weighted by Crippen LogP contribution is -2.22. The van der Waals surface area contributed by atoms with Gasteiger partial charge in [0, 0.05) is 6.42 Å². The van der Waals surface area contributed by atoms with Crippen molar-refractivity contribution in [2.45, 2.75) is 18.1 Å². The molecule has 0 radical (unpaired) electrons. The van der Waals surface area contributed by atoms with Crippen molar-refractivity contribution in [3.05, 3.63) is 35.9 Å². The second kappa shape index (κ2) is 2.05. The SMILES string of the molecule is NC1(c2ccccc2)CC1F. The summed E-state index contributed by atoms with van der Waals surface area (Å²) in [4.78, 5) is 0. The van der Waals surface area contributed by atoms with Crippen molar-refractivity contribution in [3.8, 4) is 0 Å². The molecule has 58 valence electrons. The molecule has 2 unspecified atom stereocenters. The first-order valence-electron chi connectivity index (χ1n) is 3.72. The van der Waals surface area contributed by atoms with Gasteiger partial charge in [-0.2, -0.15) is 0 Å². The fourth-order valence-corrected chi connectivity index (χ4v) is 1.28. The van der Waals surface area contributed by atoms with E-state index in [9.17, 15) is 4.39 Å². The molecule has 1 aliphatic rings. The van der Waals surface area contributed by atoms with E-state index in [-0.39, 0.29) is 0 Å². The lowest BCUT2D eigenvalue weighted by molar-refractivity contribution is 0.425. The van der Waals surface area contributed by atoms with Crippen LogP contribution in [0.15, 0.2) is 30.3 Å². The average molecular weight is 151 g/mol. The molecule has 1 nitrogen and oxygen atoms in total. The molecule has 0 heterocycles. The third kappa shape index (κ3) is 0.942. The molecule has 0 saturated heterocycles. The van der Waals surface area contributed by atoms with E-state index in [1.54, 1.807) is 0 Å². The first-order chi connectivity index (χ1) is 5.23. The maximum atomic E-state index is 12.7. The third-order valence-electron chi connectivity index (χ3n) is 2.23. The molecule has 2 heteroatoms. The van der Waals surface area contributed by atoms with Gasteiger partial charge in [0.15, 0.2) is 0 Å². The summed E-state index contributed by atoms with van der Waals surface area (Å²) < 4.78 is 12.7. The molecule has 0 aliphatic heterocycles. The number of hydrogen-bond donors (Lipinski definition) is 1. The van der Waals surface area contributed by atoms with Gasteiger partial charge in [-0.15, -0.1) is 0 Å². The topological polar surface area (TPSA) is 26.0 Å². The Balaban J connectivity index is 2.32. The van der Waals surface area contributed by atoms with Crippen molar-refractivity contribution >= 4 is 0 Å². The van der Waals surface area contributed by atoms with Crippen molar-refractivity contribution in [1.29, 1.82) is 0 Å². The molecule has 2 N–H and O–H groups in total. The van der Waals surface area contributed by atoms with Crippen LogP contribution < -0.4 is 5.73 Å². The van der Waals surface area contributed by atoms with Crippen molar-refractivity contribution in [3.63, 3.8) is 0 Å². The summed E-state index contributed by atoms with van der Waals surface area (Å²) in [7, 11) is 0. The molecule has 2 rings (SSSR count). The Morgan fingerprint density at radius 2 is 1.91 bits per heavy atom. The van der Waals surface area contributed by atoms with E-state index >= 15 is 0 Å². The zero-order chi connectivity index (χ0) is 7.90. The van der Waals surface area contributed by atoms with Gasteiger partial charge in [0.25, 0.3) is 0 Å². The predicted molar refractivity (Wildman–Crippen MR) is 41.8 cm³/mol. The molecule has 1 fully saturated rings.